The van der Waals surface area contributed by atoms with Gasteiger partial charge in [-0.3, -0.25) is 4.98 Å². The maximum absolute atomic E-state index is 5.95. The molecule has 0 radical (unpaired) electrons. The second-order valence-electron chi connectivity index (χ2n) is 5.87. The van der Waals surface area contributed by atoms with Crippen LogP contribution in [0.5, 0.6) is 0 Å². The standard InChI is InChI=1S/C15H19N3/c1-15(2)8-10(15)9-18-13-6-7-17-14-11(13)4-3-5-12(14)16/h3-7,10H,8-9,16H2,1-2H3,(H,17,18). The van der Waals surface area contributed by atoms with Crippen molar-refractivity contribution in [3.8, 4) is 0 Å². The first kappa shape index (κ1) is 11.3. The monoisotopic (exact) mass is 241 g/mol. The van der Waals surface area contributed by atoms with Gasteiger partial charge < -0.3 is 11.1 Å². The van der Waals surface area contributed by atoms with Gasteiger partial charge in [-0.2, -0.15) is 0 Å². The SMILES string of the molecule is CC1(C)CC1CNc1ccnc2c(N)cccc12. The number of para-hydroxylation sites is 1. The molecule has 1 fully saturated rings. The van der Waals surface area contributed by atoms with Gasteiger partial charge in [0.15, 0.2) is 0 Å². The highest BCUT2D eigenvalue weighted by Crippen LogP contribution is 2.51. The van der Waals surface area contributed by atoms with Crippen LogP contribution in [0, 0.1) is 11.3 Å². The molecule has 0 bridgehead atoms. The Labute approximate surface area is 107 Å². The Bertz CT molecular complexity index is 589. The topological polar surface area (TPSA) is 50.9 Å². The van der Waals surface area contributed by atoms with Gasteiger partial charge in [0.1, 0.15) is 0 Å². The van der Waals surface area contributed by atoms with Crippen LogP contribution in [-0.2, 0) is 0 Å². The van der Waals surface area contributed by atoms with Gasteiger partial charge in [0, 0.05) is 23.8 Å². The summed E-state index contributed by atoms with van der Waals surface area (Å²) < 4.78 is 0. The summed E-state index contributed by atoms with van der Waals surface area (Å²) in [7, 11) is 0. The van der Waals surface area contributed by atoms with Crippen LogP contribution in [0.4, 0.5) is 11.4 Å². The zero-order chi connectivity index (χ0) is 12.8. The largest absolute Gasteiger partial charge is 0.397 e. The Morgan fingerprint density at radius 1 is 1.39 bits per heavy atom. The molecule has 0 aliphatic heterocycles. The van der Waals surface area contributed by atoms with Gasteiger partial charge in [0.25, 0.3) is 0 Å². The van der Waals surface area contributed by atoms with E-state index in [9.17, 15) is 0 Å². The second kappa shape index (κ2) is 3.87. The molecule has 1 atom stereocenters. The molecule has 2 aromatic rings. The number of nitrogen functional groups attached to an aromatic ring is 1. The van der Waals surface area contributed by atoms with Crippen molar-refractivity contribution in [2.75, 3.05) is 17.6 Å². The average Bonchev–Trinajstić information content (AvgIpc) is 2.95. The third kappa shape index (κ3) is 1.90. The molecule has 3 N–H and O–H groups in total. The number of hydrogen-bond acceptors (Lipinski definition) is 3. The Balaban J connectivity index is 1.86. The highest BCUT2D eigenvalue weighted by molar-refractivity contribution is 5.97. The molecule has 94 valence electrons. The van der Waals surface area contributed by atoms with E-state index in [1.54, 1.807) is 0 Å². The van der Waals surface area contributed by atoms with Crippen molar-refractivity contribution in [1.29, 1.82) is 0 Å². The number of nitrogens with two attached hydrogens (primary N) is 1. The Morgan fingerprint density at radius 3 is 2.89 bits per heavy atom. The molecule has 1 aliphatic rings. The van der Waals surface area contributed by atoms with Crippen molar-refractivity contribution >= 4 is 22.3 Å². The summed E-state index contributed by atoms with van der Waals surface area (Å²) in [6, 6.07) is 7.96. The average molecular weight is 241 g/mol. The lowest BCUT2D eigenvalue weighted by atomic mass is 10.1. The molecule has 18 heavy (non-hydrogen) atoms. The molecule has 3 nitrogen and oxygen atoms in total. The first-order chi connectivity index (χ1) is 8.58. The summed E-state index contributed by atoms with van der Waals surface area (Å²) in [4.78, 5) is 4.35. The Morgan fingerprint density at radius 2 is 2.17 bits per heavy atom. The predicted molar refractivity (Wildman–Crippen MR) is 76.5 cm³/mol. The molecule has 0 saturated heterocycles. The van der Waals surface area contributed by atoms with Crippen LogP contribution in [0.1, 0.15) is 20.3 Å². The number of fused-ring (bicyclic) bond motifs is 1. The Kier molecular flexibility index (Phi) is 2.44. The predicted octanol–water partition coefficient (Wildman–Crippen LogP) is 3.28. The molecular weight excluding hydrogens is 222 g/mol. The maximum atomic E-state index is 5.95. The van der Waals surface area contributed by atoms with Gasteiger partial charge in [-0.1, -0.05) is 26.0 Å². The first-order valence-corrected chi connectivity index (χ1v) is 6.45. The second-order valence-corrected chi connectivity index (χ2v) is 5.87. The summed E-state index contributed by atoms with van der Waals surface area (Å²) in [5.74, 6) is 0.779. The van der Waals surface area contributed by atoms with E-state index in [1.807, 2.05) is 24.4 Å². The highest BCUT2D eigenvalue weighted by atomic mass is 14.9. The normalized spacial score (nSPS) is 20.9. The van der Waals surface area contributed by atoms with E-state index in [4.69, 9.17) is 5.73 Å². The van der Waals surface area contributed by atoms with Gasteiger partial charge in [-0.25, -0.2) is 0 Å². The molecule has 1 aromatic carbocycles. The van der Waals surface area contributed by atoms with Gasteiger partial charge >= 0.3 is 0 Å². The van der Waals surface area contributed by atoms with Crippen molar-refractivity contribution in [3.05, 3.63) is 30.5 Å². The smallest absolute Gasteiger partial charge is 0.0951 e. The number of rotatable bonds is 3. The molecule has 3 rings (SSSR count). The van der Waals surface area contributed by atoms with E-state index < -0.39 is 0 Å². The van der Waals surface area contributed by atoms with E-state index in [2.05, 4.69) is 30.2 Å². The minimum absolute atomic E-state index is 0.509. The fourth-order valence-electron chi connectivity index (χ4n) is 2.51. The van der Waals surface area contributed by atoms with Crippen LogP contribution < -0.4 is 11.1 Å². The minimum Gasteiger partial charge on any atom is -0.397 e. The van der Waals surface area contributed by atoms with Crippen LogP contribution in [-0.4, -0.2) is 11.5 Å². The minimum atomic E-state index is 0.509. The quantitative estimate of drug-likeness (QED) is 0.811. The van der Waals surface area contributed by atoms with Crippen molar-refractivity contribution in [2.45, 2.75) is 20.3 Å². The lowest BCUT2D eigenvalue weighted by Crippen LogP contribution is -2.07. The molecule has 1 saturated carbocycles. The van der Waals surface area contributed by atoms with E-state index >= 15 is 0 Å². The summed E-state index contributed by atoms with van der Waals surface area (Å²) in [5, 5.41) is 4.64. The fourth-order valence-corrected chi connectivity index (χ4v) is 2.51. The number of nitrogens with zero attached hydrogens (tertiary/aromatic N) is 1. The zero-order valence-corrected chi connectivity index (χ0v) is 10.9. The van der Waals surface area contributed by atoms with Crippen molar-refractivity contribution < 1.29 is 0 Å². The molecule has 1 heterocycles. The van der Waals surface area contributed by atoms with Crippen molar-refractivity contribution in [3.63, 3.8) is 0 Å². The van der Waals surface area contributed by atoms with E-state index in [-0.39, 0.29) is 0 Å². The molecule has 0 amide bonds. The third-order valence-corrected chi connectivity index (χ3v) is 4.06. The maximum Gasteiger partial charge on any atom is 0.0951 e. The van der Waals surface area contributed by atoms with Gasteiger partial charge in [0.05, 0.1) is 11.2 Å². The van der Waals surface area contributed by atoms with Crippen LogP contribution in [0.15, 0.2) is 30.5 Å². The van der Waals surface area contributed by atoms with Gasteiger partial charge in [-0.05, 0) is 29.9 Å². The highest BCUT2D eigenvalue weighted by Gasteiger charge is 2.44. The van der Waals surface area contributed by atoms with Gasteiger partial charge in [0.2, 0.25) is 0 Å². The molecule has 0 spiro atoms. The van der Waals surface area contributed by atoms with Gasteiger partial charge in [-0.15, -0.1) is 0 Å². The molecule has 3 heteroatoms. The first-order valence-electron chi connectivity index (χ1n) is 6.45. The van der Waals surface area contributed by atoms with Crippen molar-refractivity contribution in [2.24, 2.45) is 11.3 Å². The number of anilines is 2. The molecule has 1 aliphatic carbocycles. The molecular formula is C15H19N3. The van der Waals surface area contributed by atoms with E-state index in [1.165, 1.54) is 6.42 Å². The molecule has 1 aromatic heterocycles. The Hall–Kier alpha value is -1.77. The summed E-state index contributed by atoms with van der Waals surface area (Å²) in [5.41, 5.74) is 9.21. The number of aromatic nitrogens is 1. The zero-order valence-electron chi connectivity index (χ0n) is 10.9. The van der Waals surface area contributed by atoms with E-state index in [0.717, 1.165) is 34.7 Å². The fraction of sp³-hybridized carbons (Fsp3) is 0.400. The number of hydrogen-bond donors (Lipinski definition) is 2. The van der Waals surface area contributed by atoms with Crippen molar-refractivity contribution in [1.82, 2.24) is 4.98 Å². The summed E-state index contributed by atoms with van der Waals surface area (Å²) in [6.07, 6.45) is 3.13. The number of nitrogens with one attached hydrogen (secondary N) is 1. The number of pyridine rings is 1. The van der Waals surface area contributed by atoms with E-state index in [0.29, 0.717) is 5.41 Å². The molecule has 1 unspecified atom stereocenters. The van der Waals surface area contributed by atoms with Crippen LogP contribution in [0.25, 0.3) is 10.9 Å². The van der Waals surface area contributed by atoms with Crippen LogP contribution >= 0.6 is 0 Å². The third-order valence-electron chi connectivity index (χ3n) is 4.06. The lowest BCUT2D eigenvalue weighted by Gasteiger charge is -2.11. The number of benzene rings is 1. The van der Waals surface area contributed by atoms with Crippen LogP contribution in [0.2, 0.25) is 0 Å². The summed E-state index contributed by atoms with van der Waals surface area (Å²) in [6.45, 7) is 5.67. The lowest BCUT2D eigenvalue weighted by molar-refractivity contribution is 0.573. The van der Waals surface area contributed by atoms with Crippen LogP contribution in [0.3, 0.4) is 0 Å². The summed E-state index contributed by atoms with van der Waals surface area (Å²) >= 11 is 0.